The van der Waals surface area contributed by atoms with Gasteiger partial charge in [-0.25, -0.2) is 9.78 Å². The zero-order valence-corrected chi connectivity index (χ0v) is 18.5. The summed E-state index contributed by atoms with van der Waals surface area (Å²) in [4.78, 5) is 38.1. The fraction of sp³-hybridized carbons (Fsp3) is 0.231. The third kappa shape index (κ3) is 4.09. The van der Waals surface area contributed by atoms with E-state index in [9.17, 15) is 9.59 Å². The Hall–Kier alpha value is -4.00. The number of carbonyl (C=O) groups excluding carboxylic acids is 2. The van der Waals surface area contributed by atoms with E-state index in [1.165, 1.54) is 0 Å². The monoisotopic (exact) mass is 440 g/mol. The lowest BCUT2D eigenvalue weighted by Crippen LogP contribution is -2.23. The summed E-state index contributed by atoms with van der Waals surface area (Å²) in [6.45, 7) is 4.41. The Bertz CT molecular complexity index is 1340. The Balaban J connectivity index is 1.47. The lowest BCUT2D eigenvalue weighted by molar-refractivity contribution is -0.117. The van der Waals surface area contributed by atoms with E-state index in [4.69, 9.17) is 4.74 Å². The molecule has 1 amide bonds. The molecule has 33 heavy (non-hydrogen) atoms. The Labute approximate surface area is 191 Å². The standard InChI is InChI=1S/C26H24N4O3/c1-16(2)33-26(32)23-13-22-21(9-10-28-25(22)29-23)19-12-18(14-27-15-19)17-5-7-20(8-6-17)30-11-3-4-24(30)31/h5-10,12-16H,3-4,11H2,1-2H3,(H,28,29). The van der Waals surface area contributed by atoms with Gasteiger partial charge in [-0.2, -0.15) is 0 Å². The lowest BCUT2D eigenvalue weighted by atomic mass is 10.0. The Kier molecular flexibility index (Phi) is 5.38. The topological polar surface area (TPSA) is 88.2 Å². The first-order chi connectivity index (χ1) is 16.0. The zero-order chi connectivity index (χ0) is 22.9. The number of esters is 1. The van der Waals surface area contributed by atoms with Crippen LogP contribution in [0.3, 0.4) is 0 Å². The molecule has 1 N–H and O–H groups in total. The van der Waals surface area contributed by atoms with Crippen LogP contribution < -0.4 is 4.90 Å². The van der Waals surface area contributed by atoms with Crippen LogP contribution in [0.2, 0.25) is 0 Å². The van der Waals surface area contributed by atoms with Gasteiger partial charge in [-0.3, -0.25) is 9.78 Å². The Morgan fingerprint density at radius 3 is 2.58 bits per heavy atom. The van der Waals surface area contributed by atoms with Gasteiger partial charge in [-0.1, -0.05) is 12.1 Å². The summed E-state index contributed by atoms with van der Waals surface area (Å²) in [7, 11) is 0. The number of hydrogen-bond donors (Lipinski definition) is 1. The van der Waals surface area contributed by atoms with Gasteiger partial charge in [-0.05, 0) is 61.7 Å². The number of aromatic nitrogens is 3. The highest BCUT2D eigenvalue weighted by atomic mass is 16.5. The molecule has 1 aliphatic heterocycles. The van der Waals surface area contributed by atoms with Gasteiger partial charge in [0, 0.05) is 53.8 Å². The van der Waals surface area contributed by atoms with E-state index in [-0.39, 0.29) is 12.0 Å². The predicted octanol–water partition coefficient (Wildman–Crippen LogP) is 4.98. The molecule has 1 aliphatic rings. The van der Waals surface area contributed by atoms with E-state index >= 15 is 0 Å². The number of anilines is 1. The summed E-state index contributed by atoms with van der Waals surface area (Å²) in [5.41, 5.74) is 5.74. The van der Waals surface area contributed by atoms with Crippen LogP contribution in [-0.2, 0) is 9.53 Å². The number of ether oxygens (including phenoxy) is 1. The van der Waals surface area contributed by atoms with Crippen molar-refractivity contribution in [1.82, 2.24) is 15.0 Å². The molecule has 3 aromatic heterocycles. The smallest absolute Gasteiger partial charge is 0.355 e. The molecular weight excluding hydrogens is 416 g/mol. The van der Waals surface area contributed by atoms with Crippen molar-refractivity contribution >= 4 is 28.6 Å². The van der Waals surface area contributed by atoms with Crippen LogP contribution in [0.4, 0.5) is 5.69 Å². The second kappa shape index (κ2) is 8.50. The van der Waals surface area contributed by atoms with Crippen molar-refractivity contribution in [3.63, 3.8) is 0 Å². The van der Waals surface area contributed by atoms with Crippen LogP contribution in [0, 0.1) is 0 Å². The van der Waals surface area contributed by atoms with Crippen LogP contribution in [0.15, 0.2) is 61.1 Å². The molecule has 0 bridgehead atoms. The number of carbonyl (C=O) groups is 2. The largest absolute Gasteiger partial charge is 0.458 e. The predicted molar refractivity (Wildman–Crippen MR) is 127 cm³/mol. The molecule has 7 nitrogen and oxygen atoms in total. The van der Waals surface area contributed by atoms with E-state index in [2.05, 4.69) is 21.0 Å². The van der Waals surface area contributed by atoms with Gasteiger partial charge in [0.15, 0.2) is 0 Å². The Morgan fingerprint density at radius 2 is 1.85 bits per heavy atom. The highest BCUT2D eigenvalue weighted by Gasteiger charge is 2.21. The lowest BCUT2D eigenvalue weighted by Gasteiger charge is -2.16. The molecule has 7 heteroatoms. The molecule has 0 spiro atoms. The van der Waals surface area contributed by atoms with Crippen LogP contribution >= 0.6 is 0 Å². The van der Waals surface area contributed by atoms with Crippen molar-refractivity contribution < 1.29 is 14.3 Å². The van der Waals surface area contributed by atoms with E-state index < -0.39 is 5.97 Å². The normalized spacial score (nSPS) is 13.8. The molecule has 1 aromatic carbocycles. The maximum atomic E-state index is 12.3. The number of pyridine rings is 2. The number of nitrogens with one attached hydrogen (secondary N) is 1. The number of rotatable bonds is 5. The number of nitrogens with zero attached hydrogens (tertiary/aromatic N) is 3. The average Bonchev–Trinajstić information content (AvgIpc) is 3.45. The third-order valence-electron chi connectivity index (χ3n) is 5.73. The van der Waals surface area contributed by atoms with E-state index in [0.29, 0.717) is 17.8 Å². The van der Waals surface area contributed by atoms with Gasteiger partial charge in [-0.15, -0.1) is 0 Å². The van der Waals surface area contributed by atoms with Gasteiger partial charge < -0.3 is 14.6 Å². The van der Waals surface area contributed by atoms with Crippen molar-refractivity contribution in [2.75, 3.05) is 11.4 Å². The molecule has 1 saturated heterocycles. The van der Waals surface area contributed by atoms with E-state index in [0.717, 1.165) is 46.3 Å². The van der Waals surface area contributed by atoms with E-state index in [1.807, 2.05) is 55.3 Å². The van der Waals surface area contributed by atoms with Crippen molar-refractivity contribution in [2.45, 2.75) is 32.8 Å². The molecule has 4 aromatic rings. The summed E-state index contributed by atoms with van der Waals surface area (Å²) in [6.07, 6.45) is 6.65. The highest BCUT2D eigenvalue weighted by Crippen LogP contribution is 2.32. The van der Waals surface area contributed by atoms with Crippen molar-refractivity contribution in [3.05, 3.63) is 66.7 Å². The molecule has 166 valence electrons. The van der Waals surface area contributed by atoms with E-state index in [1.54, 1.807) is 18.5 Å². The van der Waals surface area contributed by atoms with Crippen LogP contribution in [0.5, 0.6) is 0 Å². The number of H-pyrrole nitrogens is 1. The minimum Gasteiger partial charge on any atom is -0.458 e. The van der Waals surface area contributed by atoms with Gasteiger partial charge in [0.1, 0.15) is 11.3 Å². The molecular formula is C26H24N4O3. The average molecular weight is 441 g/mol. The van der Waals surface area contributed by atoms with Crippen molar-refractivity contribution in [3.8, 4) is 22.3 Å². The fourth-order valence-electron chi connectivity index (χ4n) is 4.17. The summed E-state index contributed by atoms with van der Waals surface area (Å²) >= 11 is 0. The number of amides is 1. The molecule has 5 rings (SSSR count). The first-order valence-electron chi connectivity index (χ1n) is 11.0. The van der Waals surface area contributed by atoms with Crippen molar-refractivity contribution in [1.29, 1.82) is 0 Å². The van der Waals surface area contributed by atoms with Crippen LogP contribution in [0.25, 0.3) is 33.3 Å². The number of benzene rings is 1. The zero-order valence-electron chi connectivity index (χ0n) is 18.5. The van der Waals surface area contributed by atoms with Gasteiger partial charge in [0.05, 0.1) is 6.10 Å². The number of fused-ring (bicyclic) bond motifs is 1. The molecule has 0 radical (unpaired) electrons. The molecule has 0 saturated carbocycles. The van der Waals surface area contributed by atoms with Gasteiger partial charge in [0.25, 0.3) is 0 Å². The van der Waals surface area contributed by atoms with Crippen molar-refractivity contribution in [2.24, 2.45) is 0 Å². The maximum absolute atomic E-state index is 12.3. The fourth-order valence-corrected chi connectivity index (χ4v) is 4.17. The first-order valence-corrected chi connectivity index (χ1v) is 11.0. The summed E-state index contributed by atoms with van der Waals surface area (Å²) in [5, 5.41) is 0.829. The SMILES string of the molecule is CC(C)OC(=O)c1cc2c(-c3cncc(-c4ccc(N5CCCC5=O)cc4)c3)ccnc2[nH]1. The maximum Gasteiger partial charge on any atom is 0.355 e. The Morgan fingerprint density at radius 1 is 1.06 bits per heavy atom. The molecule has 0 aliphatic carbocycles. The minimum absolute atomic E-state index is 0.177. The molecule has 0 atom stereocenters. The first kappa shape index (κ1) is 20.9. The third-order valence-corrected chi connectivity index (χ3v) is 5.73. The van der Waals surface area contributed by atoms with Gasteiger partial charge >= 0.3 is 5.97 Å². The minimum atomic E-state index is -0.405. The second-order valence-electron chi connectivity index (χ2n) is 8.42. The quantitative estimate of drug-likeness (QED) is 0.442. The van der Waals surface area contributed by atoms with Crippen LogP contribution in [-0.4, -0.2) is 39.5 Å². The van der Waals surface area contributed by atoms with Crippen LogP contribution in [0.1, 0.15) is 37.2 Å². The molecule has 0 unspecified atom stereocenters. The second-order valence-corrected chi connectivity index (χ2v) is 8.42. The molecule has 1 fully saturated rings. The highest BCUT2D eigenvalue weighted by molar-refractivity contribution is 6.00. The number of hydrogen-bond acceptors (Lipinski definition) is 5. The molecule has 4 heterocycles. The number of aromatic amines is 1. The summed E-state index contributed by atoms with van der Waals surface area (Å²) < 4.78 is 5.31. The summed E-state index contributed by atoms with van der Waals surface area (Å²) in [5.74, 6) is -0.228. The van der Waals surface area contributed by atoms with Gasteiger partial charge in [0.2, 0.25) is 5.91 Å². The summed E-state index contributed by atoms with van der Waals surface area (Å²) in [6, 6.07) is 13.7.